The number of carbonyl (C=O) groups excluding carboxylic acids is 16. The fraction of sp³-hybridized carbons (Fsp3) is 0.545. The maximum Gasteiger partial charge on any atom is 0.322 e. The number of aliphatic hydroxyl groups excluding tert-OH is 2. The van der Waals surface area contributed by atoms with E-state index in [1.54, 1.807) is 55.8 Å². The quantitative estimate of drug-likeness (QED) is 0.0162. The van der Waals surface area contributed by atoms with Gasteiger partial charge >= 0.3 is 5.97 Å². The highest BCUT2D eigenvalue weighted by Gasteiger charge is 2.47. The van der Waals surface area contributed by atoms with Crippen LogP contribution in [0.1, 0.15) is 135 Å². The summed E-state index contributed by atoms with van der Waals surface area (Å²) in [6.45, 7) is 5.13. The van der Waals surface area contributed by atoms with Gasteiger partial charge in [-0.05, 0) is 110 Å². The number of carboxylic acid groups (broad SMARTS) is 1. The number of aromatic hydroxyl groups is 1. The van der Waals surface area contributed by atoms with Gasteiger partial charge < -0.3 is 126 Å². The molecule has 44 heteroatoms. The number of carbonyl (C=O) groups is 17. The lowest BCUT2D eigenvalue weighted by Crippen LogP contribution is -2.62. The first-order valence-electron chi connectivity index (χ1n) is 44.1. The number of amides is 16. The number of likely N-dealkylation sites (N-methyl/N-ethyl adjacent to an activating group) is 3. The van der Waals surface area contributed by atoms with E-state index in [4.69, 9.17) is 22.6 Å². The van der Waals surface area contributed by atoms with Gasteiger partial charge in [-0.25, -0.2) is 0 Å². The van der Waals surface area contributed by atoms with Crippen LogP contribution in [0.4, 0.5) is 0 Å². The molecule has 2 aromatic heterocycles. The van der Waals surface area contributed by atoms with Crippen molar-refractivity contribution in [2.45, 2.75) is 228 Å². The van der Waals surface area contributed by atoms with Crippen LogP contribution in [0, 0.1) is 11.3 Å². The van der Waals surface area contributed by atoms with Gasteiger partial charge in [0.2, 0.25) is 94.5 Å². The lowest BCUT2D eigenvalue weighted by atomic mass is 10.00. The number of aliphatic hydroxyl groups is 2. The smallest absolute Gasteiger partial charge is 0.322 e. The summed E-state index contributed by atoms with van der Waals surface area (Å²) in [5.41, 5.74) is 19.5. The molecule has 0 radical (unpaired) electrons. The number of nitrogens with two attached hydrogens (primary N) is 3. The van der Waals surface area contributed by atoms with E-state index in [0.717, 1.165) is 41.0 Å². The van der Waals surface area contributed by atoms with Crippen molar-refractivity contribution in [3.05, 3.63) is 101 Å². The van der Waals surface area contributed by atoms with E-state index in [1.165, 1.54) is 63.7 Å². The fourth-order valence-electron chi connectivity index (χ4n) is 16.1. The number of rotatable bonds is 25. The number of para-hydroxylation sites is 1. The third-order valence-electron chi connectivity index (χ3n) is 23.4. The molecule has 0 aliphatic carbocycles. The summed E-state index contributed by atoms with van der Waals surface area (Å²) < 4.78 is 0.807. The zero-order valence-corrected chi connectivity index (χ0v) is 76.9. The number of nitrogens with zero attached hydrogens (tertiary/aromatic N) is 5. The fourth-order valence-corrected chi connectivity index (χ4v) is 17.9. The molecule has 0 bridgehead atoms. The van der Waals surface area contributed by atoms with Gasteiger partial charge in [-0.2, -0.15) is 0 Å². The number of phenolic OH excluding ortho intramolecular Hbond substituents is 1. The number of thiophene rings is 1. The minimum absolute atomic E-state index is 0.0112. The standard InChI is InChI=1S/C88H125N21O21S2/c1-9-11-23-66-80(123)97-57(22-17-31-93-88(91)92)76(119)104-65(75(118)95-41-73(115)116)45-131-46-72(114)96-60(34-49-27-29-52(111)30-28-49)83(126)105(6)48(5)74(117)99-62(38-71(90)113)85(128)108-32-18-25-67(108)81(124)102-63(39-89)78(121)100-59(33-47(3)4)86(129)109-42-53(112)37-69(109)82(125)98-58(35-50-40-94-56-21-15-13-19-54(50)56)77(120)103-64(43-110)79(122)101-61(36-51-44-132-70-26-16-14-20-55(51)70)84(127)107(8)68(24-12-10-2)87(130)106(66)7/h13-16,19-21,26-30,40,44,47-48,53,57-69,94,110-112H,9-12,17-18,22-25,31-39,41-43,45-46,89H2,1-8H3,(H2,90,113)(H,95,118)(H,96,114)(H,97,123)(H,98,125)(H,99,117)(H,100,121)(H,101,122)(H,102,124)(H,103,120)(H,104,119)(H,115,116)(H4,91,92,93)/t48-,53+,57-,58-,59-,60-,61-,62-,63-,64-,65-,66-,67-,68-,69-/m0/s1. The number of benzene rings is 3. The molecule has 132 heavy (non-hydrogen) atoms. The molecule has 0 saturated carbocycles. The van der Waals surface area contributed by atoms with E-state index < -0.39 is 248 Å². The Morgan fingerprint density at radius 3 is 1.81 bits per heavy atom. The number of fused-ring (bicyclic) bond motifs is 4. The number of guanidine groups is 1. The van der Waals surface area contributed by atoms with Crippen molar-refractivity contribution in [2.75, 3.05) is 72.0 Å². The van der Waals surface area contributed by atoms with Crippen LogP contribution in [0.15, 0.2) is 84.4 Å². The first kappa shape index (κ1) is 105. The second-order valence-corrected chi connectivity index (χ2v) is 35.7. The van der Waals surface area contributed by atoms with Crippen molar-refractivity contribution < 1.29 is 102 Å². The largest absolute Gasteiger partial charge is 0.508 e. The average Bonchev–Trinajstić information content (AvgIpc) is 1.60. The van der Waals surface area contributed by atoms with Gasteiger partial charge in [0.15, 0.2) is 5.96 Å². The van der Waals surface area contributed by atoms with E-state index in [1.807, 2.05) is 32.0 Å². The zero-order chi connectivity index (χ0) is 96.9. The number of aromatic amines is 1. The molecule has 0 spiro atoms. The van der Waals surface area contributed by atoms with Crippen molar-refractivity contribution in [1.82, 2.24) is 88.0 Å². The van der Waals surface area contributed by atoms with Crippen molar-refractivity contribution in [1.29, 1.82) is 5.41 Å². The van der Waals surface area contributed by atoms with E-state index in [9.17, 15) is 68.4 Å². The van der Waals surface area contributed by atoms with Crippen LogP contribution in [0.3, 0.4) is 0 Å². The maximum atomic E-state index is 15.7. The van der Waals surface area contributed by atoms with Gasteiger partial charge in [-0.1, -0.05) is 102 Å². The van der Waals surface area contributed by atoms with Crippen molar-refractivity contribution in [3.8, 4) is 5.75 Å². The number of H-pyrrole nitrogens is 1. The summed E-state index contributed by atoms with van der Waals surface area (Å²) in [6.07, 6.45) is -0.386. The van der Waals surface area contributed by atoms with E-state index in [0.29, 0.717) is 58.7 Å². The second kappa shape index (κ2) is 50.2. The lowest BCUT2D eigenvalue weighted by Gasteiger charge is -2.36. The lowest BCUT2D eigenvalue weighted by molar-refractivity contribution is -0.149. The van der Waals surface area contributed by atoms with Gasteiger partial charge in [0, 0.05) is 101 Å². The Hall–Kier alpha value is -12.6. The molecule has 8 rings (SSSR count). The number of aliphatic carboxylic acids is 1. The predicted octanol–water partition coefficient (Wildman–Crippen LogP) is -2.60. The molecule has 3 aromatic carbocycles. The van der Waals surface area contributed by atoms with Crippen LogP contribution in [-0.4, -0.2) is 319 Å². The Kier molecular flexibility index (Phi) is 39.8. The van der Waals surface area contributed by atoms with Crippen LogP contribution >= 0.6 is 23.1 Å². The zero-order valence-electron chi connectivity index (χ0n) is 75.3. The Labute approximate surface area is 771 Å². The van der Waals surface area contributed by atoms with Crippen molar-refractivity contribution >= 4 is 151 Å². The SMILES string of the molecule is CCCC[C@H]1C(=O)N(C)[C@@H](CCCC)C(=O)N[C@@H](CCCNC(=N)N)C(=O)N[C@H](C(=O)NCC(=O)O)CSCC(=O)N[C@@H](Cc2ccc(O)cc2)C(=O)N(C)[C@@H](C)C(=O)N[C@@H](CC(N)=O)C(=O)N2CCC[C@H]2C(=O)N[C@@H](CN)C(=O)N[C@@H](CC(C)C)C(=O)N2C[C@H](O)C[C@H]2C(=O)N[C@@H](Cc2c[nH]c3ccccc23)C(=O)N[C@@H](CO)C(=O)N[C@@H](Cc2csc3ccccc23)C(=O)N1C. The minimum atomic E-state index is -1.88. The van der Waals surface area contributed by atoms with Crippen molar-refractivity contribution in [3.63, 3.8) is 0 Å². The molecule has 16 amide bonds. The number of phenols is 1. The van der Waals surface area contributed by atoms with Crippen LogP contribution in [0.25, 0.3) is 21.0 Å². The van der Waals surface area contributed by atoms with Crippen LogP contribution in [0.2, 0.25) is 0 Å². The predicted molar refractivity (Wildman–Crippen MR) is 489 cm³/mol. The van der Waals surface area contributed by atoms with Crippen LogP contribution in [-0.2, 0) is 101 Å². The summed E-state index contributed by atoms with van der Waals surface area (Å²) in [4.78, 5) is 257. The number of unbranched alkanes of at least 4 members (excludes halogenated alkanes) is 2. The Balaban J connectivity index is 1.19. The Bertz CT molecular complexity index is 4960. The molecule has 3 aliphatic heterocycles. The molecule has 0 unspecified atom stereocenters. The Morgan fingerprint density at radius 2 is 1.15 bits per heavy atom. The normalized spacial score (nSPS) is 25.1. The van der Waals surface area contributed by atoms with Crippen LogP contribution < -0.4 is 75.7 Å². The third-order valence-corrected chi connectivity index (χ3v) is 25.5. The highest BCUT2D eigenvalue weighted by molar-refractivity contribution is 8.00. The summed E-state index contributed by atoms with van der Waals surface area (Å²) >= 11 is 2.07. The summed E-state index contributed by atoms with van der Waals surface area (Å²) in [5.74, 6) is -18.9. The molecule has 3 fully saturated rings. The van der Waals surface area contributed by atoms with Gasteiger partial charge in [0.25, 0.3) is 0 Å². The molecule has 23 N–H and O–H groups in total. The molecule has 720 valence electrons. The Morgan fingerprint density at radius 1 is 0.583 bits per heavy atom. The van der Waals surface area contributed by atoms with E-state index in [2.05, 4.69) is 63.5 Å². The molecule has 5 aromatic rings. The summed E-state index contributed by atoms with van der Waals surface area (Å²) in [6, 6.07) is -2.25. The number of carboxylic acids is 1. The van der Waals surface area contributed by atoms with Gasteiger partial charge in [-0.3, -0.25) is 86.9 Å². The summed E-state index contributed by atoms with van der Waals surface area (Å²) in [7, 11) is 3.88. The van der Waals surface area contributed by atoms with Gasteiger partial charge in [-0.15, -0.1) is 23.1 Å². The van der Waals surface area contributed by atoms with Gasteiger partial charge in [0.05, 0.1) is 24.9 Å². The molecule has 15 atom stereocenters. The van der Waals surface area contributed by atoms with Gasteiger partial charge in [0.1, 0.15) is 96.9 Å². The second-order valence-electron chi connectivity index (χ2n) is 33.8. The molecular formula is C88H125N21O21S2. The third kappa shape index (κ3) is 29.2. The number of thioether (sulfide) groups is 1. The first-order chi connectivity index (χ1) is 62.8. The van der Waals surface area contributed by atoms with Crippen LogP contribution in [0.5, 0.6) is 5.75 Å². The minimum Gasteiger partial charge on any atom is -0.508 e. The number of aromatic nitrogens is 1. The monoisotopic (exact) mass is 1880 g/mol. The summed E-state index contributed by atoms with van der Waals surface area (Å²) in [5, 5.41) is 81.9. The molecule has 3 saturated heterocycles. The number of primary amides is 1. The molecule has 5 heterocycles. The average molecular weight is 1880 g/mol. The van der Waals surface area contributed by atoms with E-state index in [-0.39, 0.29) is 89.0 Å². The number of hydrogen-bond donors (Lipinski definition) is 20. The molecular weight excluding hydrogens is 1750 g/mol. The van der Waals surface area contributed by atoms with E-state index >= 15 is 33.6 Å². The highest BCUT2D eigenvalue weighted by Crippen LogP contribution is 2.30. The topological polar surface area (TPSA) is 637 Å². The number of nitrogens with one attached hydrogen (secondary N) is 13. The van der Waals surface area contributed by atoms with Crippen molar-refractivity contribution in [2.24, 2.45) is 23.1 Å². The molecule has 3 aliphatic rings. The first-order valence-corrected chi connectivity index (χ1v) is 46.2. The highest BCUT2D eigenvalue weighted by atomic mass is 32.2. The maximum absolute atomic E-state index is 15.7. The molecule has 42 nitrogen and oxygen atoms in total. The number of hydrogen-bond acceptors (Lipinski definition) is 24.